The summed E-state index contributed by atoms with van der Waals surface area (Å²) in [7, 11) is 0. The van der Waals surface area contributed by atoms with Crippen LogP contribution >= 0.6 is 0 Å². The molecule has 0 aliphatic heterocycles. The Kier molecular flexibility index (Phi) is 3.48. The first-order chi connectivity index (χ1) is 12.5. The van der Waals surface area contributed by atoms with Gasteiger partial charge in [0.15, 0.2) is 0 Å². The van der Waals surface area contributed by atoms with Crippen molar-refractivity contribution in [2.24, 2.45) is 5.73 Å². The molecule has 2 N–H and O–H groups in total. The van der Waals surface area contributed by atoms with Crippen LogP contribution in [0.4, 0.5) is 0 Å². The number of nitrogens with two attached hydrogens (primary N) is 1. The predicted octanol–water partition coefficient (Wildman–Crippen LogP) is 5.59. The average Bonchev–Trinajstić information content (AvgIpc) is 3.04. The van der Waals surface area contributed by atoms with Gasteiger partial charge in [0.25, 0.3) is 0 Å². The number of hydrogen-bond acceptors (Lipinski definition) is 1. The molecule has 0 aromatic heterocycles. The zero-order valence-corrected chi connectivity index (χ0v) is 14.8. The summed E-state index contributed by atoms with van der Waals surface area (Å²) in [6, 6.07) is 17.0. The predicted molar refractivity (Wildman–Crippen MR) is 111 cm³/mol. The molecule has 0 saturated heterocycles. The molecule has 1 nitrogen and oxygen atoms in total. The van der Waals surface area contributed by atoms with E-state index in [-0.39, 0.29) is 0 Å². The van der Waals surface area contributed by atoms with E-state index in [0.717, 1.165) is 22.3 Å². The van der Waals surface area contributed by atoms with Gasteiger partial charge in [-0.1, -0.05) is 87.0 Å². The molecule has 126 valence electrons. The number of allylic oxidation sites excluding steroid dienone is 7. The summed E-state index contributed by atoms with van der Waals surface area (Å²) in [5.74, 6) is 0. The Labute approximate surface area is 154 Å². The quantitative estimate of drug-likeness (QED) is 0.760. The maximum Gasteiger partial charge on any atom is 0.0725 e. The summed E-state index contributed by atoms with van der Waals surface area (Å²) >= 11 is 0. The second kappa shape index (κ2) is 5.60. The van der Waals surface area contributed by atoms with Crippen molar-refractivity contribution in [1.29, 1.82) is 0 Å². The van der Waals surface area contributed by atoms with Gasteiger partial charge in [-0.15, -0.1) is 0 Å². The number of rotatable bonds is 2. The summed E-state index contributed by atoms with van der Waals surface area (Å²) in [6.07, 6.45) is 5.81. The van der Waals surface area contributed by atoms with Crippen LogP contribution in [-0.2, 0) is 5.41 Å². The summed E-state index contributed by atoms with van der Waals surface area (Å²) in [5, 5.41) is 0. The molecule has 1 saturated carbocycles. The minimum absolute atomic E-state index is 0.474. The Bertz CT molecular complexity index is 1010. The van der Waals surface area contributed by atoms with Crippen molar-refractivity contribution in [2.45, 2.75) is 5.41 Å². The van der Waals surface area contributed by atoms with E-state index in [1.165, 1.54) is 22.3 Å². The number of fused-ring (bicyclic) bond motifs is 5. The fourth-order valence-corrected chi connectivity index (χ4v) is 4.46. The second-order valence-corrected chi connectivity index (χ2v) is 6.75. The van der Waals surface area contributed by atoms with Gasteiger partial charge in [-0.2, -0.15) is 0 Å². The molecule has 0 unspecified atom stereocenters. The zero-order chi connectivity index (χ0) is 18.5. The smallest absolute Gasteiger partial charge is 0.0725 e. The molecule has 2 aliphatic rings. The van der Waals surface area contributed by atoms with Crippen molar-refractivity contribution < 1.29 is 0 Å². The van der Waals surface area contributed by atoms with E-state index in [1.807, 2.05) is 18.2 Å². The van der Waals surface area contributed by atoms with E-state index >= 15 is 0 Å². The fraction of sp³-hybridized carbons (Fsp3) is 0.0400. The van der Waals surface area contributed by atoms with Crippen LogP contribution in [0.3, 0.4) is 0 Å². The monoisotopic (exact) mass is 335 g/mol. The molecule has 0 atom stereocenters. The lowest BCUT2D eigenvalue weighted by Crippen LogP contribution is -2.26. The van der Waals surface area contributed by atoms with Crippen LogP contribution in [0.15, 0.2) is 121 Å². The van der Waals surface area contributed by atoms with Gasteiger partial charge in [0, 0.05) is 5.70 Å². The van der Waals surface area contributed by atoms with Gasteiger partial charge < -0.3 is 5.73 Å². The molecule has 0 heterocycles. The Morgan fingerprint density at radius 3 is 1.85 bits per heavy atom. The summed E-state index contributed by atoms with van der Waals surface area (Å²) < 4.78 is 0. The molecule has 0 bridgehead atoms. The molecule has 1 spiro atoms. The molecule has 0 amide bonds. The highest BCUT2D eigenvalue weighted by molar-refractivity contribution is 5.92. The molecular formula is C25H21N. The maximum atomic E-state index is 6.01. The highest BCUT2D eigenvalue weighted by Crippen LogP contribution is 2.64. The molecule has 1 heteroatoms. The Morgan fingerprint density at radius 2 is 1.35 bits per heavy atom. The van der Waals surface area contributed by atoms with Gasteiger partial charge in [-0.3, -0.25) is 0 Å². The van der Waals surface area contributed by atoms with E-state index in [9.17, 15) is 0 Å². The summed E-state index contributed by atoms with van der Waals surface area (Å²) in [5.41, 5.74) is 14.9. The highest BCUT2D eigenvalue weighted by atomic mass is 14.6. The van der Waals surface area contributed by atoms with Gasteiger partial charge >= 0.3 is 0 Å². The van der Waals surface area contributed by atoms with Crippen LogP contribution in [0.5, 0.6) is 0 Å². The van der Waals surface area contributed by atoms with Gasteiger partial charge in [0.2, 0.25) is 0 Å². The lowest BCUT2D eigenvalue weighted by atomic mass is 9.70. The van der Waals surface area contributed by atoms with Gasteiger partial charge in [0.05, 0.1) is 5.41 Å². The first kappa shape index (κ1) is 16.2. The number of benzene rings is 2. The van der Waals surface area contributed by atoms with Crippen molar-refractivity contribution in [3.63, 3.8) is 0 Å². The zero-order valence-electron chi connectivity index (χ0n) is 14.8. The lowest BCUT2D eigenvalue weighted by molar-refractivity contribution is 0.788. The number of hydrogen-bond donors (Lipinski definition) is 1. The van der Waals surface area contributed by atoms with Crippen LogP contribution in [0.2, 0.25) is 0 Å². The molecule has 1 fully saturated rings. The van der Waals surface area contributed by atoms with E-state index in [0.29, 0.717) is 5.70 Å². The van der Waals surface area contributed by atoms with Crippen LogP contribution in [-0.4, -0.2) is 0 Å². The normalized spacial score (nSPS) is 19.8. The van der Waals surface area contributed by atoms with E-state index < -0.39 is 5.41 Å². The Hall–Kier alpha value is -3.32. The molecule has 2 aliphatic carbocycles. The van der Waals surface area contributed by atoms with Crippen LogP contribution in [0.25, 0.3) is 11.1 Å². The second-order valence-electron chi connectivity index (χ2n) is 6.75. The SMILES string of the molecule is C=C/C=C1\C(=C)C(=C)/C(=C\C(=C)N)C12c1ccccc1-c1ccccc12. The van der Waals surface area contributed by atoms with Gasteiger partial charge in [-0.25, -0.2) is 0 Å². The van der Waals surface area contributed by atoms with Crippen LogP contribution in [0.1, 0.15) is 11.1 Å². The van der Waals surface area contributed by atoms with Gasteiger partial charge in [-0.05, 0) is 50.6 Å². The van der Waals surface area contributed by atoms with Crippen molar-refractivity contribution in [3.8, 4) is 11.1 Å². The minimum atomic E-state index is -0.474. The Balaban J connectivity index is 2.24. The molecule has 4 rings (SSSR count). The summed E-state index contributed by atoms with van der Waals surface area (Å²) in [6.45, 7) is 16.5. The van der Waals surface area contributed by atoms with Crippen molar-refractivity contribution in [2.75, 3.05) is 0 Å². The topological polar surface area (TPSA) is 26.0 Å². The average molecular weight is 335 g/mol. The van der Waals surface area contributed by atoms with Crippen molar-refractivity contribution in [1.82, 2.24) is 0 Å². The van der Waals surface area contributed by atoms with Gasteiger partial charge in [0.1, 0.15) is 0 Å². The van der Waals surface area contributed by atoms with E-state index in [1.54, 1.807) is 0 Å². The highest BCUT2D eigenvalue weighted by Gasteiger charge is 2.53. The standard InChI is InChI=1S/C25H21N/c1-5-10-21-17(3)18(4)24(15-16(2)26)25(21)22-13-8-6-11-19(22)20-12-7-9-14-23(20)25/h5-15H,1-4,26H2/b21-10+,24-15+. The molecule has 2 aromatic rings. The first-order valence-electron chi connectivity index (χ1n) is 8.61. The van der Waals surface area contributed by atoms with E-state index in [2.05, 4.69) is 74.8 Å². The largest absolute Gasteiger partial charge is 0.399 e. The molecule has 2 aromatic carbocycles. The summed E-state index contributed by atoms with van der Waals surface area (Å²) in [4.78, 5) is 0. The molecule has 0 radical (unpaired) electrons. The maximum absolute atomic E-state index is 6.01. The minimum Gasteiger partial charge on any atom is -0.399 e. The van der Waals surface area contributed by atoms with Crippen molar-refractivity contribution >= 4 is 0 Å². The lowest BCUT2D eigenvalue weighted by Gasteiger charge is -2.31. The third-order valence-electron chi connectivity index (χ3n) is 5.39. The van der Waals surface area contributed by atoms with Crippen molar-refractivity contribution in [3.05, 3.63) is 132 Å². The van der Waals surface area contributed by atoms with Crippen LogP contribution in [0, 0.1) is 0 Å². The molecular weight excluding hydrogens is 314 g/mol. The third kappa shape index (κ3) is 1.86. The Morgan fingerprint density at radius 1 is 0.846 bits per heavy atom. The van der Waals surface area contributed by atoms with E-state index in [4.69, 9.17) is 5.73 Å². The first-order valence-corrected chi connectivity index (χ1v) is 8.61. The fourth-order valence-electron chi connectivity index (χ4n) is 4.46. The molecule has 26 heavy (non-hydrogen) atoms. The van der Waals surface area contributed by atoms with Crippen LogP contribution < -0.4 is 5.73 Å². The third-order valence-corrected chi connectivity index (χ3v) is 5.39.